The van der Waals surface area contributed by atoms with Crippen molar-refractivity contribution in [2.24, 2.45) is 10.7 Å². The van der Waals surface area contributed by atoms with E-state index in [0.717, 1.165) is 22.4 Å². The molecule has 0 aliphatic carbocycles. The zero-order valence-corrected chi connectivity index (χ0v) is 26.4. The second-order valence-electron chi connectivity index (χ2n) is 12.6. The Bertz CT molecular complexity index is 1180. The van der Waals surface area contributed by atoms with Crippen LogP contribution >= 0.6 is 0 Å². The van der Waals surface area contributed by atoms with Gasteiger partial charge in [-0.05, 0) is 89.4 Å². The highest BCUT2D eigenvalue weighted by Gasteiger charge is 2.34. The molecule has 0 radical (unpaired) electrons. The molecule has 10 heteroatoms. The Hall–Kier alpha value is -3.24. The lowest BCUT2D eigenvalue weighted by Crippen LogP contribution is -2.49. The van der Waals surface area contributed by atoms with Crippen molar-refractivity contribution in [3.8, 4) is 11.3 Å². The first-order valence-electron chi connectivity index (χ1n) is 13.1. The van der Waals surface area contributed by atoms with Crippen molar-refractivity contribution >= 4 is 32.9 Å². The second kappa shape index (κ2) is 12.3. The molecule has 2 N–H and O–H groups in total. The summed E-state index contributed by atoms with van der Waals surface area (Å²) >= 11 is 0. The molecule has 2 aromatic rings. The summed E-state index contributed by atoms with van der Waals surface area (Å²) in [5.74, 6) is -0.372. The number of hydrogen-bond donors (Lipinski definition) is 1. The molecule has 2 rings (SSSR count). The number of nitrogens with two attached hydrogens (primary N) is 1. The molecular weight excluding hydrogens is 512 g/mol. The lowest BCUT2D eigenvalue weighted by molar-refractivity contribution is 0.0145. The van der Waals surface area contributed by atoms with E-state index in [1.165, 1.54) is 0 Å². The molecular formula is C29H44N4O5Si. The van der Waals surface area contributed by atoms with Gasteiger partial charge in [0.15, 0.2) is 9.04 Å². The topological polar surface area (TPSA) is 116 Å². The highest BCUT2D eigenvalue weighted by Crippen LogP contribution is 2.36. The number of guanidine groups is 1. The van der Waals surface area contributed by atoms with Crippen LogP contribution in [0.1, 0.15) is 73.4 Å². The molecule has 0 unspecified atom stereocenters. The van der Waals surface area contributed by atoms with Crippen LogP contribution in [0.2, 0.25) is 13.1 Å². The monoisotopic (exact) mass is 556 g/mol. The summed E-state index contributed by atoms with van der Waals surface area (Å²) in [6.45, 7) is 21.4. The van der Waals surface area contributed by atoms with Gasteiger partial charge in [0.2, 0.25) is 5.96 Å². The first-order chi connectivity index (χ1) is 17.8. The van der Waals surface area contributed by atoms with Gasteiger partial charge < -0.3 is 19.6 Å². The first kappa shape index (κ1) is 32.0. The maximum Gasteiger partial charge on any atom is 0.427 e. The first-order valence-corrected chi connectivity index (χ1v) is 15.9. The van der Waals surface area contributed by atoms with Crippen molar-refractivity contribution < 1.29 is 23.5 Å². The predicted octanol–water partition coefficient (Wildman–Crippen LogP) is 6.66. The molecule has 0 atom stereocenters. The number of rotatable bonds is 5. The molecule has 39 heavy (non-hydrogen) atoms. The number of pyridine rings is 1. The van der Waals surface area contributed by atoms with E-state index in [2.05, 4.69) is 38.9 Å². The van der Waals surface area contributed by atoms with Gasteiger partial charge in [0.1, 0.15) is 11.2 Å². The lowest BCUT2D eigenvalue weighted by atomic mass is 9.81. The van der Waals surface area contributed by atoms with Gasteiger partial charge in [-0.3, -0.25) is 4.98 Å². The maximum absolute atomic E-state index is 12.9. The van der Waals surface area contributed by atoms with Crippen molar-refractivity contribution in [2.45, 2.75) is 98.6 Å². The van der Waals surface area contributed by atoms with Crippen molar-refractivity contribution in [3.05, 3.63) is 47.7 Å². The van der Waals surface area contributed by atoms with Crippen LogP contribution in [0.25, 0.3) is 11.3 Å². The van der Waals surface area contributed by atoms with E-state index in [1.54, 1.807) is 53.8 Å². The number of amides is 2. The Morgan fingerprint density at radius 3 is 2.00 bits per heavy atom. The van der Waals surface area contributed by atoms with E-state index in [-0.39, 0.29) is 11.4 Å². The van der Waals surface area contributed by atoms with Crippen LogP contribution in [-0.2, 0) is 25.9 Å². The zero-order chi connectivity index (χ0) is 29.8. The van der Waals surface area contributed by atoms with Gasteiger partial charge in [-0.1, -0.05) is 32.9 Å². The summed E-state index contributed by atoms with van der Waals surface area (Å²) in [5, 5.41) is 0. The maximum atomic E-state index is 12.9. The van der Waals surface area contributed by atoms with E-state index in [9.17, 15) is 9.59 Å². The van der Waals surface area contributed by atoms with E-state index in [0.29, 0.717) is 17.2 Å². The number of nitrogens with zero attached hydrogens (tertiary/aromatic N) is 3. The summed E-state index contributed by atoms with van der Waals surface area (Å²) in [6.07, 6.45) is -0.179. The lowest BCUT2D eigenvalue weighted by Gasteiger charge is -2.28. The van der Waals surface area contributed by atoms with Gasteiger partial charge in [0, 0.05) is 11.8 Å². The largest absolute Gasteiger partial charge is 0.443 e. The number of ether oxygens (including phenoxy) is 2. The van der Waals surface area contributed by atoms with Crippen LogP contribution in [-0.4, -0.2) is 48.3 Å². The Balaban J connectivity index is 2.57. The SMILES string of the molecule is C[SiH](C)OCc1ccnc(-c2cccc(/N=C(\N)N(C(=O)OC(C)(C)C)C(=O)OC(C)(C)C)c2)c1C(C)(C)C. The molecule has 0 aliphatic rings. The van der Waals surface area contributed by atoms with E-state index in [4.69, 9.17) is 24.6 Å². The van der Waals surface area contributed by atoms with Gasteiger partial charge in [-0.25, -0.2) is 14.6 Å². The van der Waals surface area contributed by atoms with Crippen LogP contribution in [0.5, 0.6) is 0 Å². The van der Waals surface area contributed by atoms with E-state index < -0.39 is 32.4 Å². The average Bonchev–Trinajstić information content (AvgIpc) is 2.74. The highest BCUT2D eigenvalue weighted by atomic mass is 28.3. The third kappa shape index (κ3) is 9.78. The molecule has 214 valence electrons. The standard InChI is InChI=1S/C29H44N4O5Si/c1-27(2,3)22-20(18-36-39(10)11)15-16-31-23(22)19-13-12-14-21(17-19)32-24(30)33(25(34)37-28(4,5)6)26(35)38-29(7,8)9/h12-17,39H,18H2,1-11H3,(H2,30,32). The molecule has 9 nitrogen and oxygen atoms in total. The Kier molecular flexibility index (Phi) is 10.1. The molecule has 1 aromatic carbocycles. The Morgan fingerprint density at radius 1 is 0.949 bits per heavy atom. The number of hydrogen-bond acceptors (Lipinski definition) is 7. The quantitative estimate of drug-likeness (QED) is 0.248. The van der Waals surface area contributed by atoms with Gasteiger partial charge in [-0.15, -0.1) is 4.90 Å². The number of aromatic nitrogens is 1. The highest BCUT2D eigenvalue weighted by molar-refractivity contribution is 6.48. The van der Waals surface area contributed by atoms with Crippen molar-refractivity contribution in [3.63, 3.8) is 0 Å². The molecule has 0 fully saturated rings. The van der Waals surface area contributed by atoms with Crippen LogP contribution in [0, 0.1) is 0 Å². The number of carbonyl (C=O) groups is 2. The second-order valence-corrected chi connectivity index (χ2v) is 15.1. The van der Waals surface area contributed by atoms with Crippen LogP contribution in [0.4, 0.5) is 15.3 Å². The number of imide groups is 1. The van der Waals surface area contributed by atoms with Crippen LogP contribution in [0.15, 0.2) is 41.5 Å². The predicted molar refractivity (Wildman–Crippen MR) is 158 cm³/mol. The minimum atomic E-state index is -1.22. The minimum absolute atomic E-state index is 0.205. The zero-order valence-electron chi connectivity index (χ0n) is 25.2. The van der Waals surface area contributed by atoms with Gasteiger partial charge in [0.25, 0.3) is 0 Å². The third-order valence-corrected chi connectivity index (χ3v) is 5.94. The van der Waals surface area contributed by atoms with E-state index >= 15 is 0 Å². The summed E-state index contributed by atoms with van der Waals surface area (Å²) < 4.78 is 16.9. The fourth-order valence-electron chi connectivity index (χ4n) is 3.72. The molecule has 0 spiro atoms. The fourth-order valence-corrected chi connectivity index (χ4v) is 4.23. The molecule has 0 saturated carbocycles. The van der Waals surface area contributed by atoms with Crippen LogP contribution < -0.4 is 5.73 Å². The third-order valence-electron chi connectivity index (χ3n) is 5.10. The number of carbonyl (C=O) groups excluding carboxylic acids is 2. The minimum Gasteiger partial charge on any atom is -0.443 e. The molecule has 1 heterocycles. The molecule has 2 amide bonds. The van der Waals surface area contributed by atoms with Gasteiger partial charge >= 0.3 is 12.2 Å². The number of aliphatic imine (C=N–C) groups is 1. The summed E-state index contributed by atoms with van der Waals surface area (Å²) in [5.41, 5.74) is 8.51. The number of benzene rings is 1. The molecule has 1 aromatic heterocycles. The normalized spacial score (nSPS) is 12.9. The molecule has 0 saturated heterocycles. The summed E-state index contributed by atoms with van der Waals surface area (Å²) in [6, 6.07) is 9.31. The molecule has 0 bridgehead atoms. The molecule has 0 aliphatic heterocycles. The van der Waals surface area contributed by atoms with Gasteiger partial charge in [0.05, 0.1) is 18.0 Å². The average molecular weight is 557 g/mol. The van der Waals surface area contributed by atoms with Crippen LogP contribution in [0.3, 0.4) is 0 Å². The van der Waals surface area contributed by atoms with Crippen molar-refractivity contribution in [1.82, 2.24) is 9.88 Å². The smallest absolute Gasteiger partial charge is 0.427 e. The van der Waals surface area contributed by atoms with E-state index in [1.807, 2.05) is 24.3 Å². The Morgan fingerprint density at radius 2 is 1.51 bits per heavy atom. The summed E-state index contributed by atoms with van der Waals surface area (Å²) in [4.78, 5) is 35.6. The van der Waals surface area contributed by atoms with Crippen molar-refractivity contribution in [1.29, 1.82) is 0 Å². The van der Waals surface area contributed by atoms with Gasteiger partial charge in [-0.2, -0.15) is 0 Å². The fraction of sp³-hybridized carbons (Fsp3) is 0.517. The Labute approximate surface area is 234 Å². The summed E-state index contributed by atoms with van der Waals surface area (Å²) in [7, 11) is -1.22. The van der Waals surface area contributed by atoms with Crippen molar-refractivity contribution in [2.75, 3.05) is 0 Å².